The van der Waals surface area contributed by atoms with Crippen LogP contribution in [0.25, 0.3) is 21.5 Å². The van der Waals surface area contributed by atoms with Gasteiger partial charge >= 0.3 is 5.76 Å². The van der Waals surface area contributed by atoms with Crippen LogP contribution in [0.4, 0.5) is 15.8 Å². The van der Waals surface area contributed by atoms with Crippen LogP contribution in [0.3, 0.4) is 0 Å². The molecule has 33 heavy (non-hydrogen) atoms. The molecule has 3 aromatic rings. The van der Waals surface area contributed by atoms with Crippen LogP contribution in [0.5, 0.6) is 0 Å². The van der Waals surface area contributed by atoms with Gasteiger partial charge in [0, 0.05) is 48.9 Å². The Kier molecular flexibility index (Phi) is 6.76. The minimum absolute atomic E-state index is 0.0687. The summed E-state index contributed by atoms with van der Waals surface area (Å²) in [5.41, 5.74) is 11.5. The van der Waals surface area contributed by atoms with E-state index in [4.69, 9.17) is 9.95 Å². The van der Waals surface area contributed by atoms with Crippen LogP contribution >= 0.6 is 0 Å². The largest absolute Gasteiger partial charge is 0.419 e. The van der Waals surface area contributed by atoms with Gasteiger partial charge in [-0.2, -0.15) is 0 Å². The van der Waals surface area contributed by atoms with E-state index >= 15 is 0 Å². The van der Waals surface area contributed by atoms with E-state index in [9.17, 15) is 14.0 Å². The summed E-state index contributed by atoms with van der Waals surface area (Å²) >= 11 is 0. The van der Waals surface area contributed by atoms with Gasteiger partial charge in [-0.25, -0.2) is 9.18 Å². The SMILES string of the molecule is CC(=O)c1ccc2c(c1)oc(=O)n2CCCCN1CCN(c2ccc(F)cc2N=[N+]=[N-])CC1. The Morgan fingerprint density at radius 2 is 1.88 bits per heavy atom. The number of fused-ring (bicyclic) bond motifs is 1. The molecular formula is C23H25FN6O3. The second-order valence-corrected chi connectivity index (χ2v) is 8.12. The molecule has 4 rings (SSSR count). The summed E-state index contributed by atoms with van der Waals surface area (Å²) in [6, 6.07) is 9.37. The monoisotopic (exact) mass is 452 g/mol. The molecule has 1 aliphatic heterocycles. The molecule has 0 aliphatic carbocycles. The first-order chi connectivity index (χ1) is 16.0. The summed E-state index contributed by atoms with van der Waals surface area (Å²) in [5.74, 6) is -0.904. The van der Waals surface area contributed by atoms with Gasteiger partial charge in [0.05, 0.1) is 11.2 Å². The first kappa shape index (κ1) is 22.6. The fraction of sp³-hybridized carbons (Fsp3) is 0.391. The molecule has 1 saturated heterocycles. The zero-order chi connectivity index (χ0) is 23.4. The highest BCUT2D eigenvalue weighted by Gasteiger charge is 2.19. The number of Topliss-reactive ketones (excluding diaryl/α,β-unsaturated/α-hetero) is 1. The van der Waals surface area contributed by atoms with Crippen molar-refractivity contribution in [3.8, 4) is 0 Å². The highest BCUT2D eigenvalue weighted by molar-refractivity contribution is 5.96. The topological polar surface area (TPSA) is 107 Å². The molecule has 0 bridgehead atoms. The molecule has 2 aromatic carbocycles. The van der Waals surface area contributed by atoms with Gasteiger partial charge in [-0.3, -0.25) is 14.3 Å². The molecule has 1 aliphatic rings. The third kappa shape index (κ3) is 5.08. The Bertz CT molecular complexity index is 1270. The Balaban J connectivity index is 1.28. The third-order valence-electron chi connectivity index (χ3n) is 5.98. The van der Waals surface area contributed by atoms with E-state index in [1.54, 1.807) is 28.8 Å². The highest BCUT2D eigenvalue weighted by atomic mass is 19.1. The van der Waals surface area contributed by atoms with Gasteiger partial charge in [0.1, 0.15) is 5.82 Å². The maximum absolute atomic E-state index is 13.5. The minimum Gasteiger partial charge on any atom is -0.408 e. The van der Waals surface area contributed by atoms with Gasteiger partial charge in [-0.15, -0.1) is 0 Å². The van der Waals surface area contributed by atoms with E-state index in [-0.39, 0.29) is 5.78 Å². The number of nitrogens with zero attached hydrogens (tertiary/aromatic N) is 6. The summed E-state index contributed by atoms with van der Waals surface area (Å²) in [5, 5.41) is 3.62. The molecule has 0 N–H and O–H groups in total. The van der Waals surface area contributed by atoms with Gasteiger partial charge in [0.2, 0.25) is 0 Å². The fourth-order valence-electron chi connectivity index (χ4n) is 4.21. The highest BCUT2D eigenvalue weighted by Crippen LogP contribution is 2.30. The summed E-state index contributed by atoms with van der Waals surface area (Å²) in [4.78, 5) is 31.0. The molecule has 0 spiro atoms. The molecule has 0 atom stereocenters. The average molecular weight is 452 g/mol. The molecule has 0 saturated carbocycles. The minimum atomic E-state index is -0.427. The van der Waals surface area contributed by atoms with Crippen LogP contribution in [0.2, 0.25) is 0 Å². The number of aryl methyl sites for hydroxylation is 1. The number of rotatable bonds is 8. The molecule has 0 amide bonds. The van der Waals surface area contributed by atoms with Crippen molar-refractivity contribution < 1.29 is 13.6 Å². The first-order valence-electron chi connectivity index (χ1n) is 10.9. The average Bonchev–Trinajstić information content (AvgIpc) is 3.12. The molecule has 10 heteroatoms. The maximum Gasteiger partial charge on any atom is 0.419 e. The predicted molar refractivity (Wildman–Crippen MR) is 124 cm³/mol. The standard InChI is InChI=1S/C23H25FN6O3/c1-16(31)17-4-6-21-22(14-17)33-23(32)30(21)9-3-2-8-28-10-12-29(13-11-28)20-7-5-18(24)15-19(20)26-27-25/h4-7,14-15H,2-3,8-13H2,1H3. The van der Waals surface area contributed by atoms with Crippen molar-refractivity contribution in [2.45, 2.75) is 26.3 Å². The number of azide groups is 1. The Labute approximate surface area is 189 Å². The van der Waals surface area contributed by atoms with Crippen LogP contribution in [-0.4, -0.2) is 48.0 Å². The fourth-order valence-corrected chi connectivity index (χ4v) is 4.21. The predicted octanol–water partition coefficient (Wildman–Crippen LogP) is 4.48. The van der Waals surface area contributed by atoms with Crippen molar-refractivity contribution in [1.82, 2.24) is 9.47 Å². The van der Waals surface area contributed by atoms with Crippen molar-refractivity contribution in [2.75, 3.05) is 37.6 Å². The van der Waals surface area contributed by atoms with Crippen molar-refractivity contribution in [1.29, 1.82) is 0 Å². The smallest absolute Gasteiger partial charge is 0.408 e. The summed E-state index contributed by atoms with van der Waals surface area (Å²) in [7, 11) is 0. The van der Waals surface area contributed by atoms with Crippen molar-refractivity contribution in [2.24, 2.45) is 5.11 Å². The number of hydrogen-bond acceptors (Lipinski definition) is 6. The number of carbonyl (C=O) groups is 1. The number of aromatic nitrogens is 1. The Morgan fingerprint density at radius 3 is 2.61 bits per heavy atom. The quantitative estimate of drug-likeness (QED) is 0.165. The molecule has 172 valence electrons. The van der Waals surface area contributed by atoms with Crippen LogP contribution in [0.15, 0.2) is 50.7 Å². The lowest BCUT2D eigenvalue weighted by Gasteiger charge is -2.36. The normalized spacial score (nSPS) is 14.4. The molecular weight excluding hydrogens is 427 g/mol. The third-order valence-corrected chi connectivity index (χ3v) is 5.98. The number of hydrogen-bond donors (Lipinski definition) is 0. The van der Waals surface area contributed by atoms with Gasteiger partial charge < -0.3 is 9.32 Å². The molecule has 9 nitrogen and oxygen atoms in total. The lowest BCUT2D eigenvalue weighted by Crippen LogP contribution is -2.46. The zero-order valence-electron chi connectivity index (χ0n) is 18.4. The van der Waals surface area contributed by atoms with E-state index in [2.05, 4.69) is 19.8 Å². The zero-order valence-corrected chi connectivity index (χ0v) is 18.4. The summed E-state index contributed by atoms with van der Waals surface area (Å²) < 4.78 is 20.4. The van der Waals surface area contributed by atoms with E-state index in [0.717, 1.165) is 51.3 Å². The van der Waals surface area contributed by atoms with E-state index < -0.39 is 11.6 Å². The van der Waals surface area contributed by atoms with Gasteiger partial charge in [0.15, 0.2) is 11.4 Å². The molecule has 0 unspecified atom stereocenters. The van der Waals surface area contributed by atoms with Crippen LogP contribution < -0.4 is 10.7 Å². The van der Waals surface area contributed by atoms with Gasteiger partial charge in [-0.05, 0) is 68.2 Å². The number of oxazole rings is 1. The Hall–Kier alpha value is -3.62. The van der Waals surface area contributed by atoms with Crippen LogP contribution in [-0.2, 0) is 6.54 Å². The van der Waals surface area contributed by atoms with E-state index in [1.165, 1.54) is 19.1 Å². The van der Waals surface area contributed by atoms with Crippen LogP contribution in [0.1, 0.15) is 30.1 Å². The summed E-state index contributed by atoms with van der Waals surface area (Å²) in [6.07, 6.45) is 1.74. The lowest BCUT2D eigenvalue weighted by atomic mass is 10.1. The van der Waals surface area contributed by atoms with Gasteiger partial charge in [0.25, 0.3) is 0 Å². The number of ketones is 1. The van der Waals surface area contributed by atoms with Gasteiger partial charge in [-0.1, -0.05) is 5.11 Å². The second-order valence-electron chi connectivity index (χ2n) is 8.12. The van der Waals surface area contributed by atoms with E-state index in [1.807, 2.05) is 0 Å². The maximum atomic E-state index is 13.5. The molecule has 2 heterocycles. The van der Waals surface area contributed by atoms with Crippen molar-refractivity contribution >= 4 is 28.3 Å². The Morgan fingerprint density at radius 1 is 1.12 bits per heavy atom. The molecule has 1 fully saturated rings. The number of halogens is 1. The van der Waals surface area contributed by atoms with Crippen LogP contribution in [0, 0.1) is 5.82 Å². The number of piperazine rings is 1. The lowest BCUT2D eigenvalue weighted by molar-refractivity contribution is 0.101. The van der Waals surface area contributed by atoms with Crippen molar-refractivity contribution in [3.05, 3.63) is 68.8 Å². The number of carbonyl (C=O) groups excluding carboxylic acids is 1. The first-order valence-corrected chi connectivity index (χ1v) is 10.9. The van der Waals surface area contributed by atoms with Crippen molar-refractivity contribution in [3.63, 3.8) is 0 Å². The molecule has 0 radical (unpaired) electrons. The molecule has 1 aromatic heterocycles. The number of anilines is 1. The number of unbranched alkanes of at least 4 members (excludes halogenated alkanes) is 1. The second kappa shape index (κ2) is 9.89. The van der Waals surface area contributed by atoms with E-state index in [0.29, 0.717) is 28.9 Å². The summed E-state index contributed by atoms with van der Waals surface area (Å²) in [6.45, 7) is 6.13. The number of benzene rings is 2.